The molecule has 3 fully saturated rings. The van der Waals surface area contributed by atoms with E-state index in [1.54, 1.807) is 0 Å². The molecule has 1 spiro atoms. The molecule has 0 aliphatic carbocycles. The molecular weight excluding hydrogens is 214 g/mol. The van der Waals surface area contributed by atoms with Crippen LogP contribution in [-0.2, 0) is 4.74 Å². The topological polar surface area (TPSA) is 50.5 Å². The Morgan fingerprint density at radius 1 is 1.41 bits per heavy atom. The Kier molecular flexibility index (Phi) is 1.85. The average molecular weight is 233 g/mol. The minimum atomic E-state index is 0.0509. The van der Waals surface area contributed by atoms with Crippen molar-refractivity contribution in [3.8, 4) is 0 Å². The van der Waals surface area contributed by atoms with E-state index >= 15 is 0 Å². The maximum atomic E-state index is 6.30. The van der Waals surface area contributed by atoms with Crippen LogP contribution in [-0.4, -0.2) is 36.7 Å². The molecular formula is C13H19N3O. The lowest BCUT2D eigenvalue weighted by Crippen LogP contribution is -2.59. The predicted molar refractivity (Wildman–Crippen MR) is 64.9 cm³/mol. The molecule has 4 nitrogen and oxygen atoms in total. The van der Waals surface area contributed by atoms with Gasteiger partial charge in [0.25, 0.3) is 0 Å². The minimum Gasteiger partial charge on any atom is -0.470 e. The molecule has 5 aliphatic heterocycles. The summed E-state index contributed by atoms with van der Waals surface area (Å²) in [6.45, 7) is 4.33. The van der Waals surface area contributed by atoms with Crippen molar-refractivity contribution in [1.82, 2.24) is 10.2 Å². The van der Waals surface area contributed by atoms with Crippen LogP contribution in [0.2, 0.25) is 0 Å². The number of nitrogens with two attached hydrogens (primary N) is 1. The van der Waals surface area contributed by atoms with Crippen LogP contribution >= 0.6 is 0 Å². The number of fused-ring (bicyclic) bond motifs is 2. The maximum Gasteiger partial charge on any atom is 0.191 e. The Morgan fingerprint density at radius 3 is 2.94 bits per heavy atom. The summed E-state index contributed by atoms with van der Waals surface area (Å²) in [5.74, 6) is 1.72. The van der Waals surface area contributed by atoms with Gasteiger partial charge < -0.3 is 15.8 Å². The van der Waals surface area contributed by atoms with Crippen LogP contribution in [0.3, 0.4) is 0 Å². The Morgan fingerprint density at radius 2 is 2.24 bits per heavy atom. The van der Waals surface area contributed by atoms with Crippen LogP contribution in [0.4, 0.5) is 0 Å². The van der Waals surface area contributed by atoms with Gasteiger partial charge in [0.15, 0.2) is 5.88 Å². The van der Waals surface area contributed by atoms with Gasteiger partial charge in [-0.05, 0) is 32.0 Å². The number of dihydropyridines is 1. The molecule has 2 bridgehead atoms. The molecule has 17 heavy (non-hydrogen) atoms. The van der Waals surface area contributed by atoms with E-state index in [2.05, 4.69) is 16.3 Å². The summed E-state index contributed by atoms with van der Waals surface area (Å²) in [7, 11) is 0. The Labute approximate surface area is 101 Å². The summed E-state index contributed by atoms with van der Waals surface area (Å²) >= 11 is 0. The third kappa shape index (κ3) is 1.33. The van der Waals surface area contributed by atoms with Crippen LogP contribution in [0.25, 0.3) is 0 Å². The summed E-state index contributed by atoms with van der Waals surface area (Å²) in [5.41, 5.74) is 8.14. The molecule has 0 aromatic heterocycles. The fraction of sp³-hybridized carbons (Fsp3) is 0.692. The highest BCUT2D eigenvalue weighted by molar-refractivity contribution is 5.35. The first-order chi connectivity index (χ1) is 8.25. The molecule has 4 heteroatoms. The van der Waals surface area contributed by atoms with Gasteiger partial charge >= 0.3 is 0 Å². The first-order valence-electron chi connectivity index (χ1n) is 6.60. The van der Waals surface area contributed by atoms with Gasteiger partial charge in [0.05, 0.1) is 6.54 Å². The molecule has 1 atom stereocenters. The van der Waals surface area contributed by atoms with Gasteiger partial charge in [-0.3, -0.25) is 4.90 Å². The maximum absolute atomic E-state index is 6.30. The monoisotopic (exact) mass is 233 g/mol. The highest BCUT2D eigenvalue weighted by atomic mass is 16.5. The SMILES string of the molecule is NC1=CC2=C(NC1)O[C@@]1(C2)CN2CCC1CC2. The molecule has 0 amide bonds. The van der Waals surface area contributed by atoms with Crippen molar-refractivity contribution in [2.45, 2.75) is 24.9 Å². The molecule has 5 aliphatic rings. The number of hydrogen-bond acceptors (Lipinski definition) is 4. The normalized spacial score (nSPS) is 43.2. The number of ether oxygens (including phenoxy) is 1. The van der Waals surface area contributed by atoms with E-state index in [0.29, 0.717) is 0 Å². The fourth-order valence-electron chi connectivity index (χ4n) is 3.87. The van der Waals surface area contributed by atoms with Crippen LogP contribution in [0, 0.1) is 5.92 Å². The van der Waals surface area contributed by atoms with Crippen molar-refractivity contribution in [1.29, 1.82) is 0 Å². The van der Waals surface area contributed by atoms with E-state index in [0.717, 1.165) is 37.0 Å². The van der Waals surface area contributed by atoms with E-state index in [4.69, 9.17) is 10.5 Å². The van der Waals surface area contributed by atoms with Gasteiger partial charge in [0.1, 0.15) is 5.60 Å². The zero-order valence-electron chi connectivity index (χ0n) is 10.0. The van der Waals surface area contributed by atoms with E-state index in [9.17, 15) is 0 Å². The van der Waals surface area contributed by atoms with Crippen LogP contribution in [0.1, 0.15) is 19.3 Å². The molecule has 0 unspecified atom stereocenters. The first-order valence-corrected chi connectivity index (χ1v) is 6.60. The lowest BCUT2D eigenvalue weighted by atomic mass is 9.73. The standard InChI is InChI=1S/C13H19N3O/c14-11-5-9-6-13(17-12(9)15-7-11)8-16-3-1-10(13)2-4-16/h5,10,15H,1-4,6-8,14H2/t13-/m0/s1. The van der Waals surface area contributed by atoms with Gasteiger partial charge in [-0.1, -0.05) is 0 Å². The van der Waals surface area contributed by atoms with Crippen molar-refractivity contribution < 1.29 is 4.74 Å². The number of rotatable bonds is 0. The van der Waals surface area contributed by atoms with Crippen LogP contribution < -0.4 is 11.1 Å². The van der Waals surface area contributed by atoms with Gasteiger partial charge in [0.2, 0.25) is 0 Å². The van der Waals surface area contributed by atoms with Crippen LogP contribution in [0.5, 0.6) is 0 Å². The number of piperidine rings is 3. The number of nitrogens with one attached hydrogen (secondary N) is 1. The summed E-state index contributed by atoms with van der Waals surface area (Å²) in [6, 6.07) is 0. The Bertz CT molecular complexity index is 420. The van der Waals surface area contributed by atoms with Crippen LogP contribution in [0.15, 0.2) is 23.2 Å². The fourth-order valence-corrected chi connectivity index (χ4v) is 3.87. The van der Waals surface area contributed by atoms with Crippen molar-refractivity contribution in [3.63, 3.8) is 0 Å². The summed E-state index contributed by atoms with van der Waals surface area (Å²) in [6.07, 6.45) is 5.73. The summed E-state index contributed by atoms with van der Waals surface area (Å²) < 4.78 is 6.30. The summed E-state index contributed by atoms with van der Waals surface area (Å²) in [5, 5.41) is 3.31. The Hall–Kier alpha value is -1.16. The molecule has 0 aromatic carbocycles. The highest BCUT2D eigenvalue weighted by Gasteiger charge is 2.52. The molecule has 5 heterocycles. The molecule has 0 saturated carbocycles. The third-order valence-corrected chi connectivity index (χ3v) is 4.72. The van der Waals surface area contributed by atoms with E-state index in [1.807, 2.05) is 0 Å². The second-order valence-electron chi connectivity index (χ2n) is 5.82. The van der Waals surface area contributed by atoms with Gasteiger partial charge in [0, 0.05) is 30.2 Å². The largest absolute Gasteiger partial charge is 0.470 e. The minimum absolute atomic E-state index is 0.0509. The third-order valence-electron chi connectivity index (χ3n) is 4.72. The van der Waals surface area contributed by atoms with E-state index in [-0.39, 0.29) is 5.60 Å². The van der Waals surface area contributed by atoms with Crippen molar-refractivity contribution >= 4 is 0 Å². The zero-order chi connectivity index (χ0) is 11.5. The smallest absolute Gasteiger partial charge is 0.191 e. The molecule has 3 saturated heterocycles. The molecule has 3 N–H and O–H groups in total. The lowest BCUT2D eigenvalue weighted by Gasteiger charge is -2.50. The predicted octanol–water partition coefficient (Wildman–Crippen LogP) is 0.528. The second kappa shape index (κ2) is 3.19. The van der Waals surface area contributed by atoms with Crippen molar-refractivity contribution in [3.05, 3.63) is 23.2 Å². The number of allylic oxidation sites excluding steroid dienone is 1. The van der Waals surface area contributed by atoms with Gasteiger partial charge in [-0.15, -0.1) is 0 Å². The van der Waals surface area contributed by atoms with Crippen molar-refractivity contribution in [2.24, 2.45) is 11.7 Å². The molecule has 92 valence electrons. The van der Waals surface area contributed by atoms with E-state index < -0.39 is 0 Å². The quantitative estimate of drug-likeness (QED) is 0.641. The number of nitrogens with zero attached hydrogens (tertiary/aromatic N) is 1. The van der Waals surface area contributed by atoms with E-state index in [1.165, 1.54) is 31.5 Å². The first kappa shape index (κ1) is 9.83. The second-order valence-corrected chi connectivity index (χ2v) is 5.82. The van der Waals surface area contributed by atoms with Gasteiger partial charge in [-0.2, -0.15) is 0 Å². The molecule has 0 aromatic rings. The van der Waals surface area contributed by atoms with Crippen molar-refractivity contribution in [2.75, 3.05) is 26.2 Å². The van der Waals surface area contributed by atoms with Gasteiger partial charge in [-0.25, -0.2) is 0 Å². The Balaban J connectivity index is 1.64. The lowest BCUT2D eigenvalue weighted by molar-refractivity contribution is -0.116. The average Bonchev–Trinajstić information content (AvgIpc) is 2.67. The summed E-state index contributed by atoms with van der Waals surface area (Å²) in [4.78, 5) is 2.55. The molecule has 5 rings (SSSR count). The highest BCUT2D eigenvalue weighted by Crippen LogP contribution is 2.47. The molecule has 0 radical (unpaired) electrons. The number of hydrogen-bond donors (Lipinski definition) is 2. The zero-order valence-corrected chi connectivity index (χ0v) is 10.0.